The van der Waals surface area contributed by atoms with E-state index in [4.69, 9.17) is 0 Å². The standard InChI is InChI=1S/C15H22N4O/c1-18(2)15(19(3)4)16-10-11-9-14(20)17-13-8-6-5-7-12(11)13/h5-8,11H,9-10H2,1-4H3,(H,17,20). The van der Waals surface area contributed by atoms with Crippen molar-refractivity contribution < 1.29 is 4.79 Å². The highest BCUT2D eigenvalue weighted by molar-refractivity contribution is 5.94. The van der Waals surface area contributed by atoms with Crippen molar-refractivity contribution in [3.05, 3.63) is 29.8 Å². The highest BCUT2D eigenvalue weighted by atomic mass is 16.1. The lowest BCUT2D eigenvalue weighted by Crippen LogP contribution is -2.36. The highest BCUT2D eigenvalue weighted by Crippen LogP contribution is 2.32. The van der Waals surface area contributed by atoms with E-state index < -0.39 is 0 Å². The zero-order valence-electron chi connectivity index (χ0n) is 12.6. The first-order valence-corrected chi connectivity index (χ1v) is 6.77. The van der Waals surface area contributed by atoms with Gasteiger partial charge in [-0.25, -0.2) is 0 Å². The average molecular weight is 274 g/mol. The summed E-state index contributed by atoms with van der Waals surface area (Å²) in [6, 6.07) is 7.96. The van der Waals surface area contributed by atoms with Gasteiger partial charge in [0.25, 0.3) is 0 Å². The fourth-order valence-corrected chi connectivity index (χ4v) is 2.54. The smallest absolute Gasteiger partial charge is 0.225 e. The first-order valence-electron chi connectivity index (χ1n) is 6.77. The summed E-state index contributed by atoms with van der Waals surface area (Å²) in [6.07, 6.45) is 0.495. The van der Waals surface area contributed by atoms with Crippen LogP contribution in [0.3, 0.4) is 0 Å². The van der Waals surface area contributed by atoms with Gasteiger partial charge in [-0.3, -0.25) is 9.79 Å². The van der Waals surface area contributed by atoms with Gasteiger partial charge in [0, 0.05) is 46.2 Å². The van der Waals surface area contributed by atoms with E-state index in [9.17, 15) is 4.79 Å². The number of nitrogens with zero attached hydrogens (tertiary/aromatic N) is 3. The van der Waals surface area contributed by atoms with Crippen LogP contribution in [0.1, 0.15) is 17.9 Å². The van der Waals surface area contributed by atoms with Crippen LogP contribution >= 0.6 is 0 Å². The number of anilines is 1. The zero-order valence-corrected chi connectivity index (χ0v) is 12.6. The molecule has 0 fully saturated rings. The fourth-order valence-electron chi connectivity index (χ4n) is 2.54. The second-order valence-electron chi connectivity index (χ2n) is 5.47. The van der Waals surface area contributed by atoms with Crippen LogP contribution < -0.4 is 5.32 Å². The number of carbonyl (C=O) groups excluding carboxylic acids is 1. The maximum Gasteiger partial charge on any atom is 0.225 e. The van der Waals surface area contributed by atoms with Gasteiger partial charge in [0.1, 0.15) is 0 Å². The lowest BCUT2D eigenvalue weighted by Gasteiger charge is -2.26. The molecule has 5 heteroatoms. The molecule has 0 saturated heterocycles. The summed E-state index contributed by atoms with van der Waals surface area (Å²) in [5.41, 5.74) is 2.09. The summed E-state index contributed by atoms with van der Waals surface area (Å²) in [4.78, 5) is 20.4. The Bertz CT molecular complexity index is 512. The number of carbonyl (C=O) groups is 1. The van der Waals surface area contributed by atoms with Crippen molar-refractivity contribution in [1.82, 2.24) is 9.80 Å². The quantitative estimate of drug-likeness (QED) is 0.658. The van der Waals surface area contributed by atoms with Crippen molar-refractivity contribution in [2.24, 2.45) is 4.99 Å². The van der Waals surface area contributed by atoms with Crippen LogP contribution in [0.25, 0.3) is 0 Å². The van der Waals surface area contributed by atoms with Crippen LogP contribution in [0.4, 0.5) is 5.69 Å². The molecule has 1 aliphatic heterocycles. The molecule has 1 N–H and O–H groups in total. The molecule has 2 rings (SSSR count). The minimum atomic E-state index is 0.0696. The van der Waals surface area contributed by atoms with Gasteiger partial charge in [0.2, 0.25) is 5.91 Å². The molecule has 1 aromatic rings. The minimum Gasteiger partial charge on any atom is -0.349 e. The topological polar surface area (TPSA) is 47.9 Å². The maximum absolute atomic E-state index is 11.8. The summed E-state index contributed by atoms with van der Waals surface area (Å²) in [5, 5.41) is 2.91. The predicted molar refractivity (Wildman–Crippen MR) is 82.1 cm³/mol. The van der Waals surface area contributed by atoms with Crippen molar-refractivity contribution in [3.8, 4) is 0 Å². The van der Waals surface area contributed by atoms with E-state index in [1.807, 2.05) is 56.2 Å². The van der Waals surface area contributed by atoms with Crippen molar-refractivity contribution in [2.45, 2.75) is 12.3 Å². The largest absolute Gasteiger partial charge is 0.349 e. The monoisotopic (exact) mass is 274 g/mol. The third-order valence-corrected chi connectivity index (χ3v) is 3.36. The number of aliphatic imine (C=N–C) groups is 1. The lowest BCUT2D eigenvalue weighted by molar-refractivity contribution is -0.116. The molecule has 0 radical (unpaired) electrons. The van der Waals surface area contributed by atoms with E-state index >= 15 is 0 Å². The SMILES string of the molecule is CN(C)C(=NCC1CC(=O)Nc2ccccc21)N(C)C. The van der Waals surface area contributed by atoms with Gasteiger partial charge >= 0.3 is 0 Å². The fraction of sp³-hybridized carbons (Fsp3) is 0.467. The van der Waals surface area contributed by atoms with Gasteiger partial charge in [0.15, 0.2) is 5.96 Å². The maximum atomic E-state index is 11.8. The van der Waals surface area contributed by atoms with E-state index in [2.05, 4.69) is 16.4 Å². The number of hydrogen-bond acceptors (Lipinski definition) is 2. The Labute approximate surface area is 120 Å². The molecular formula is C15H22N4O. The van der Waals surface area contributed by atoms with E-state index in [1.165, 1.54) is 5.56 Å². The summed E-state index contributed by atoms with van der Waals surface area (Å²) < 4.78 is 0. The zero-order chi connectivity index (χ0) is 14.7. The number of amides is 1. The number of hydrogen-bond donors (Lipinski definition) is 1. The molecule has 20 heavy (non-hydrogen) atoms. The normalized spacial score (nSPS) is 17.0. The Morgan fingerprint density at radius 1 is 1.25 bits per heavy atom. The van der Waals surface area contributed by atoms with Crippen LogP contribution in [0, 0.1) is 0 Å². The first-order chi connectivity index (χ1) is 9.49. The average Bonchev–Trinajstić information content (AvgIpc) is 2.37. The van der Waals surface area contributed by atoms with E-state index in [1.54, 1.807) is 0 Å². The van der Waals surface area contributed by atoms with Gasteiger partial charge < -0.3 is 15.1 Å². The minimum absolute atomic E-state index is 0.0696. The highest BCUT2D eigenvalue weighted by Gasteiger charge is 2.24. The molecule has 5 nitrogen and oxygen atoms in total. The molecule has 1 amide bonds. The van der Waals surface area contributed by atoms with Crippen LogP contribution in [0.2, 0.25) is 0 Å². The van der Waals surface area contributed by atoms with E-state index in [-0.39, 0.29) is 11.8 Å². The number of benzene rings is 1. The number of rotatable bonds is 2. The van der Waals surface area contributed by atoms with Gasteiger partial charge in [-0.1, -0.05) is 18.2 Å². The molecule has 0 spiro atoms. The Balaban J connectivity index is 2.22. The summed E-state index contributed by atoms with van der Waals surface area (Å²) in [6.45, 7) is 0.621. The lowest BCUT2D eigenvalue weighted by atomic mass is 9.91. The molecule has 108 valence electrons. The number of para-hydroxylation sites is 1. The van der Waals surface area contributed by atoms with Crippen LogP contribution in [0.15, 0.2) is 29.3 Å². The molecule has 1 aromatic carbocycles. The Morgan fingerprint density at radius 3 is 2.55 bits per heavy atom. The van der Waals surface area contributed by atoms with Crippen molar-refractivity contribution in [3.63, 3.8) is 0 Å². The first kappa shape index (κ1) is 14.4. The molecule has 1 heterocycles. The summed E-state index contributed by atoms with van der Waals surface area (Å²) >= 11 is 0. The van der Waals surface area contributed by atoms with Crippen molar-refractivity contribution in [2.75, 3.05) is 40.1 Å². The molecular weight excluding hydrogens is 252 g/mol. The van der Waals surface area contributed by atoms with Gasteiger partial charge in [-0.05, 0) is 11.6 Å². The third kappa shape index (κ3) is 3.10. The van der Waals surface area contributed by atoms with E-state index in [0.717, 1.165) is 11.6 Å². The second kappa shape index (κ2) is 5.94. The second-order valence-corrected chi connectivity index (χ2v) is 5.47. The van der Waals surface area contributed by atoms with Gasteiger partial charge in [-0.15, -0.1) is 0 Å². The van der Waals surface area contributed by atoms with Crippen molar-refractivity contribution >= 4 is 17.6 Å². The molecule has 0 aromatic heterocycles. The molecule has 0 saturated carbocycles. The van der Waals surface area contributed by atoms with Gasteiger partial charge in [-0.2, -0.15) is 0 Å². The number of nitrogens with one attached hydrogen (secondary N) is 1. The number of guanidine groups is 1. The van der Waals surface area contributed by atoms with Crippen molar-refractivity contribution in [1.29, 1.82) is 0 Å². The molecule has 1 aliphatic rings. The predicted octanol–water partition coefficient (Wildman–Crippen LogP) is 1.59. The Kier molecular flexibility index (Phi) is 4.27. The molecule has 0 bridgehead atoms. The Hall–Kier alpha value is -2.04. The van der Waals surface area contributed by atoms with Gasteiger partial charge in [0.05, 0.1) is 6.54 Å². The third-order valence-electron chi connectivity index (χ3n) is 3.36. The number of fused-ring (bicyclic) bond motifs is 1. The van der Waals surface area contributed by atoms with E-state index in [0.29, 0.717) is 13.0 Å². The Morgan fingerprint density at radius 2 is 1.90 bits per heavy atom. The molecule has 1 unspecified atom stereocenters. The molecule has 0 aliphatic carbocycles. The summed E-state index contributed by atoms with van der Waals surface area (Å²) in [7, 11) is 7.89. The van der Waals surface area contributed by atoms with Crippen LogP contribution in [0.5, 0.6) is 0 Å². The summed E-state index contributed by atoms with van der Waals surface area (Å²) in [5.74, 6) is 1.13. The van der Waals surface area contributed by atoms with Crippen LogP contribution in [-0.4, -0.2) is 56.4 Å². The van der Waals surface area contributed by atoms with Crippen LogP contribution in [-0.2, 0) is 4.79 Å². The molecule has 1 atom stereocenters.